The maximum absolute atomic E-state index is 12.0. The molecule has 22 heavy (non-hydrogen) atoms. The Kier molecular flexibility index (Phi) is 4.59. The Hall–Kier alpha value is -2.64. The second kappa shape index (κ2) is 6.42. The Morgan fingerprint density at radius 1 is 1.41 bits per heavy atom. The Balaban J connectivity index is 2.08. The van der Waals surface area contributed by atoms with Gasteiger partial charge in [0.15, 0.2) is 0 Å². The smallest absolute Gasteiger partial charge is 0.307 e. The molecule has 0 saturated carbocycles. The first-order chi connectivity index (χ1) is 10.4. The van der Waals surface area contributed by atoms with Crippen LogP contribution >= 0.6 is 0 Å². The summed E-state index contributed by atoms with van der Waals surface area (Å²) >= 11 is 0. The van der Waals surface area contributed by atoms with Crippen molar-refractivity contribution in [2.75, 3.05) is 13.7 Å². The molecule has 1 amide bonds. The molecular weight excluding hydrogens is 286 g/mol. The normalized spacial score (nSPS) is 10.5. The van der Waals surface area contributed by atoms with Gasteiger partial charge in [0, 0.05) is 24.8 Å². The average Bonchev–Trinajstić information content (AvgIpc) is 3.04. The summed E-state index contributed by atoms with van der Waals surface area (Å²) in [4.78, 5) is 23.0. The van der Waals surface area contributed by atoms with Crippen molar-refractivity contribution in [1.29, 1.82) is 0 Å². The number of aryl methyl sites for hydroxylation is 2. The summed E-state index contributed by atoms with van der Waals surface area (Å²) in [6.07, 6.45) is 0.129. The molecule has 2 N–H and O–H groups in total. The summed E-state index contributed by atoms with van der Waals surface area (Å²) in [7, 11) is 3.17. The molecule has 8 nitrogen and oxygen atoms in total. The summed E-state index contributed by atoms with van der Waals surface area (Å²) in [6, 6.07) is 1.67. The Labute approximate surface area is 127 Å². The van der Waals surface area contributed by atoms with Crippen LogP contribution in [-0.4, -0.2) is 45.5 Å². The molecule has 2 rings (SSSR count). The van der Waals surface area contributed by atoms with Gasteiger partial charge in [0.25, 0.3) is 5.91 Å². The van der Waals surface area contributed by atoms with Crippen LogP contribution in [0.4, 0.5) is 0 Å². The van der Waals surface area contributed by atoms with E-state index >= 15 is 0 Å². The summed E-state index contributed by atoms with van der Waals surface area (Å²) < 4.78 is 6.28. The second-order valence-corrected chi connectivity index (χ2v) is 4.92. The molecule has 0 aliphatic heterocycles. The van der Waals surface area contributed by atoms with Crippen molar-refractivity contribution in [2.45, 2.75) is 20.3 Å². The quantitative estimate of drug-likeness (QED) is 0.793. The van der Waals surface area contributed by atoms with Crippen molar-refractivity contribution < 1.29 is 14.3 Å². The molecule has 2 aromatic heterocycles. The van der Waals surface area contributed by atoms with Crippen molar-refractivity contribution in [3.8, 4) is 11.3 Å². The van der Waals surface area contributed by atoms with E-state index in [1.54, 1.807) is 10.7 Å². The van der Waals surface area contributed by atoms with Crippen molar-refractivity contribution in [3.05, 3.63) is 23.1 Å². The zero-order valence-corrected chi connectivity index (χ0v) is 13.1. The molecule has 0 unspecified atom stereocenters. The number of amides is 1. The van der Waals surface area contributed by atoms with Crippen molar-refractivity contribution >= 4 is 11.9 Å². The van der Waals surface area contributed by atoms with Gasteiger partial charge in [-0.3, -0.25) is 19.4 Å². The SMILES string of the molecule is COC(=O)CCNC(=O)c1cc(-c2c(C)nn(C)c2C)n[nH]1. The van der Waals surface area contributed by atoms with Gasteiger partial charge in [0.1, 0.15) is 5.69 Å². The number of H-pyrrole nitrogens is 1. The van der Waals surface area contributed by atoms with Gasteiger partial charge in [-0.1, -0.05) is 0 Å². The Bertz CT molecular complexity index is 701. The van der Waals surface area contributed by atoms with Crippen LogP contribution in [0.25, 0.3) is 11.3 Å². The minimum Gasteiger partial charge on any atom is -0.469 e. The zero-order chi connectivity index (χ0) is 16.3. The number of ether oxygens (including phenoxy) is 1. The maximum atomic E-state index is 12.0. The monoisotopic (exact) mass is 305 g/mol. The third-order valence-electron chi connectivity index (χ3n) is 3.43. The minimum atomic E-state index is -0.368. The number of hydrogen-bond donors (Lipinski definition) is 2. The molecule has 0 saturated heterocycles. The van der Waals surface area contributed by atoms with Crippen LogP contribution in [0.1, 0.15) is 28.3 Å². The van der Waals surface area contributed by atoms with Crippen LogP contribution in [0.15, 0.2) is 6.07 Å². The standard InChI is InChI=1S/C14H19N5O3/c1-8-13(9(2)19(3)18-8)10-7-11(17-16-10)14(21)15-6-5-12(20)22-4/h7H,5-6H2,1-4H3,(H,15,21)(H,16,17). The van der Waals surface area contributed by atoms with E-state index in [4.69, 9.17) is 0 Å². The lowest BCUT2D eigenvalue weighted by molar-refractivity contribution is -0.140. The van der Waals surface area contributed by atoms with E-state index in [0.29, 0.717) is 11.4 Å². The average molecular weight is 305 g/mol. The van der Waals surface area contributed by atoms with Gasteiger partial charge in [0.05, 0.1) is 24.9 Å². The number of carbonyl (C=O) groups excluding carboxylic acids is 2. The lowest BCUT2D eigenvalue weighted by Gasteiger charge is -2.01. The van der Waals surface area contributed by atoms with Gasteiger partial charge >= 0.3 is 5.97 Å². The molecule has 0 spiro atoms. The molecule has 0 bridgehead atoms. The fraction of sp³-hybridized carbons (Fsp3) is 0.429. The second-order valence-electron chi connectivity index (χ2n) is 4.92. The third kappa shape index (κ3) is 3.16. The molecule has 0 aromatic carbocycles. The molecule has 2 heterocycles. The fourth-order valence-electron chi connectivity index (χ4n) is 2.19. The van der Waals surface area contributed by atoms with E-state index in [9.17, 15) is 9.59 Å². The first-order valence-corrected chi connectivity index (χ1v) is 6.85. The summed E-state index contributed by atoms with van der Waals surface area (Å²) in [5.41, 5.74) is 3.74. The van der Waals surface area contributed by atoms with E-state index in [1.165, 1.54) is 7.11 Å². The van der Waals surface area contributed by atoms with Crippen LogP contribution in [0, 0.1) is 13.8 Å². The number of rotatable bonds is 5. The highest BCUT2D eigenvalue weighted by Crippen LogP contribution is 2.25. The largest absolute Gasteiger partial charge is 0.469 e. The number of hydrogen-bond acceptors (Lipinski definition) is 5. The van der Waals surface area contributed by atoms with Gasteiger partial charge in [-0.25, -0.2) is 0 Å². The zero-order valence-electron chi connectivity index (χ0n) is 13.1. The predicted octanol–water partition coefficient (Wildman–Crippen LogP) is 0.720. The molecule has 2 aromatic rings. The van der Waals surface area contributed by atoms with E-state index < -0.39 is 0 Å². The van der Waals surface area contributed by atoms with E-state index in [-0.39, 0.29) is 24.8 Å². The number of nitrogens with zero attached hydrogens (tertiary/aromatic N) is 3. The van der Waals surface area contributed by atoms with Crippen LogP contribution in [0.2, 0.25) is 0 Å². The summed E-state index contributed by atoms with van der Waals surface area (Å²) in [5, 5.41) is 13.8. The minimum absolute atomic E-state index is 0.129. The predicted molar refractivity (Wildman–Crippen MR) is 79.2 cm³/mol. The van der Waals surface area contributed by atoms with Crippen molar-refractivity contribution in [1.82, 2.24) is 25.3 Å². The van der Waals surface area contributed by atoms with Crippen LogP contribution < -0.4 is 5.32 Å². The lowest BCUT2D eigenvalue weighted by atomic mass is 10.1. The maximum Gasteiger partial charge on any atom is 0.307 e. The van der Waals surface area contributed by atoms with Gasteiger partial charge in [-0.15, -0.1) is 0 Å². The highest BCUT2D eigenvalue weighted by atomic mass is 16.5. The fourth-order valence-corrected chi connectivity index (χ4v) is 2.19. The summed E-state index contributed by atoms with van der Waals surface area (Å²) in [5.74, 6) is -0.686. The number of carbonyl (C=O) groups is 2. The van der Waals surface area contributed by atoms with Crippen molar-refractivity contribution in [3.63, 3.8) is 0 Å². The van der Waals surface area contributed by atoms with Crippen LogP contribution in [0.3, 0.4) is 0 Å². The number of aromatic nitrogens is 4. The van der Waals surface area contributed by atoms with Gasteiger partial charge in [0.2, 0.25) is 0 Å². The van der Waals surface area contributed by atoms with Crippen LogP contribution in [0.5, 0.6) is 0 Å². The first kappa shape index (κ1) is 15.7. The highest BCUT2D eigenvalue weighted by molar-refractivity contribution is 5.93. The molecule has 0 radical (unpaired) electrons. The van der Waals surface area contributed by atoms with Crippen molar-refractivity contribution in [2.24, 2.45) is 7.05 Å². The third-order valence-corrected chi connectivity index (χ3v) is 3.43. The van der Waals surface area contributed by atoms with E-state index in [0.717, 1.165) is 17.0 Å². The Morgan fingerprint density at radius 2 is 2.14 bits per heavy atom. The number of nitrogens with one attached hydrogen (secondary N) is 2. The molecule has 0 atom stereocenters. The highest BCUT2D eigenvalue weighted by Gasteiger charge is 2.17. The Morgan fingerprint density at radius 3 is 2.73 bits per heavy atom. The first-order valence-electron chi connectivity index (χ1n) is 6.85. The number of esters is 1. The lowest BCUT2D eigenvalue weighted by Crippen LogP contribution is -2.26. The molecular formula is C14H19N5O3. The molecule has 118 valence electrons. The van der Waals surface area contributed by atoms with Gasteiger partial charge in [-0.2, -0.15) is 10.2 Å². The van der Waals surface area contributed by atoms with Crippen LogP contribution in [-0.2, 0) is 16.6 Å². The number of methoxy groups -OCH3 is 1. The van der Waals surface area contributed by atoms with E-state index in [1.807, 2.05) is 20.9 Å². The molecule has 0 aliphatic rings. The molecule has 0 aliphatic carbocycles. The summed E-state index contributed by atoms with van der Waals surface area (Å²) in [6.45, 7) is 4.05. The molecule has 8 heteroatoms. The topological polar surface area (TPSA) is 102 Å². The number of aromatic amines is 1. The molecule has 0 fully saturated rings. The van der Waals surface area contributed by atoms with Gasteiger partial charge < -0.3 is 10.1 Å². The van der Waals surface area contributed by atoms with E-state index in [2.05, 4.69) is 25.3 Å². The van der Waals surface area contributed by atoms with Gasteiger partial charge in [-0.05, 0) is 19.9 Å².